The fourth-order valence-corrected chi connectivity index (χ4v) is 1.81. The highest BCUT2D eigenvalue weighted by molar-refractivity contribution is 6.03. The number of carbonyl (C=O) groups is 1. The summed E-state index contributed by atoms with van der Waals surface area (Å²) in [5.41, 5.74) is 1.65. The molecule has 1 amide bonds. The Morgan fingerprint density at radius 2 is 1.90 bits per heavy atom. The van der Waals surface area contributed by atoms with Gasteiger partial charge in [-0.1, -0.05) is 24.6 Å². The highest BCUT2D eigenvalue weighted by Crippen LogP contribution is 2.10. The molecule has 1 aromatic carbocycles. The second-order valence-electron chi connectivity index (χ2n) is 5.08. The Hall–Kier alpha value is -2.43. The second kappa shape index (κ2) is 6.83. The van der Waals surface area contributed by atoms with Crippen LogP contribution in [0.5, 0.6) is 0 Å². The molecule has 0 radical (unpaired) electrons. The molecule has 2 rings (SSSR count). The summed E-state index contributed by atoms with van der Waals surface area (Å²) < 4.78 is 0. The van der Waals surface area contributed by atoms with Gasteiger partial charge in [0.1, 0.15) is 5.82 Å². The molecule has 2 N–H and O–H groups in total. The van der Waals surface area contributed by atoms with E-state index in [1.54, 1.807) is 12.1 Å². The highest BCUT2D eigenvalue weighted by atomic mass is 16.1. The van der Waals surface area contributed by atoms with E-state index in [1.165, 1.54) is 0 Å². The minimum Gasteiger partial charge on any atom is -0.366 e. The summed E-state index contributed by atoms with van der Waals surface area (Å²) in [6.07, 6.45) is 1.01. The van der Waals surface area contributed by atoms with Gasteiger partial charge < -0.3 is 10.6 Å². The fraction of sp³-hybridized carbons (Fsp3) is 0.312. The minimum absolute atomic E-state index is 0.185. The highest BCUT2D eigenvalue weighted by Gasteiger charge is 2.07. The molecule has 1 unspecified atom stereocenters. The van der Waals surface area contributed by atoms with Crippen LogP contribution < -0.4 is 10.6 Å². The second-order valence-corrected chi connectivity index (χ2v) is 5.08. The Kier molecular flexibility index (Phi) is 4.87. The summed E-state index contributed by atoms with van der Waals surface area (Å²) >= 11 is 0. The Bertz CT molecular complexity index is 610. The largest absolute Gasteiger partial charge is 0.366 e. The van der Waals surface area contributed by atoms with Crippen LogP contribution in [0.3, 0.4) is 0 Å². The van der Waals surface area contributed by atoms with E-state index >= 15 is 0 Å². The van der Waals surface area contributed by atoms with Crippen molar-refractivity contribution in [1.29, 1.82) is 0 Å². The SMILES string of the molecule is CCC(C)Nc1ccc(NC(=O)c2cccc(C)c2)nn1. The summed E-state index contributed by atoms with van der Waals surface area (Å²) in [6, 6.07) is 11.3. The van der Waals surface area contributed by atoms with Gasteiger partial charge in [-0.05, 0) is 44.5 Å². The van der Waals surface area contributed by atoms with Crippen molar-refractivity contribution in [3.8, 4) is 0 Å². The number of amides is 1. The van der Waals surface area contributed by atoms with E-state index < -0.39 is 0 Å². The molecule has 0 aliphatic heterocycles. The van der Waals surface area contributed by atoms with Crippen molar-refractivity contribution in [1.82, 2.24) is 10.2 Å². The molecule has 0 aliphatic rings. The lowest BCUT2D eigenvalue weighted by Crippen LogP contribution is -2.16. The number of carbonyl (C=O) groups excluding carboxylic acids is 1. The molecule has 1 atom stereocenters. The van der Waals surface area contributed by atoms with Crippen LogP contribution in [0, 0.1) is 6.92 Å². The standard InChI is InChI=1S/C16H20N4O/c1-4-12(3)17-14-8-9-15(20-19-14)18-16(21)13-7-5-6-11(2)10-13/h5-10,12H,4H2,1-3H3,(H,17,19)(H,18,20,21). The van der Waals surface area contributed by atoms with Crippen LogP contribution in [0.25, 0.3) is 0 Å². The molecule has 0 aliphatic carbocycles. The first-order valence-electron chi connectivity index (χ1n) is 7.06. The molecule has 0 spiro atoms. The van der Waals surface area contributed by atoms with Crippen molar-refractivity contribution in [2.75, 3.05) is 10.6 Å². The van der Waals surface area contributed by atoms with Crippen LogP contribution in [0.15, 0.2) is 36.4 Å². The van der Waals surface area contributed by atoms with Gasteiger partial charge in [0, 0.05) is 11.6 Å². The molecule has 0 saturated carbocycles. The normalized spacial score (nSPS) is 11.8. The maximum atomic E-state index is 12.1. The van der Waals surface area contributed by atoms with E-state index in [0.29, 0.717) is 23.2 Å². The lowest BCUT2D eigenvalue weighted by molar-refractivity contribution is 0.102. The van der Waals surface area contributed by atoms with Crippen molar-refractivity contribution < 1.29 is 4.79 Å². The lowest BCUT2D eigenvalue weighted by Gasteiger charge is -2.11. The Labute approximate surface area is 124 Å². The van der Waals surface area contributed by atoms with Crippen molar-refractivity contribution in [3.05, 3.63) is 47.5 Å². The van der Waals surface area contributed by atoms with E-state index in [-0.39, 0.29) is 5.91 Å². The average Bonchev–Trinajstić information content (AvgIpc) is 2.49. The summed E-state index contributed by atoms with van der Waals surface area (Å²) in [6.45, 7) is 6.13. The van der Waals surface area contributed by atoms with Crippen LogP contribution in [0.2, 0.25) is 0 Å². The smallest absolute Gasteiger partial charge is 0.256 e. The Balaban J connectivity index is 2.01. The van der Waals surface area contributed by atoms with Gasteiger partial charge in [0.15, 0.2) is 5.82 Å². The van der Waals surface area contributed by atoms with Gasteiger partial charge in [0.05, 0.1) is 0 Å². The molecule has 0 bridgehead atoms. The number of aryl methyl sites for hydroxylation is 1. The van der Waals surface area contributed by atoms with Gasteiger partial charge in [-0.2, -0.15) is 0 Å². The third-order valence-corrected chi connectivity index (χ3v) is 3.19. The third-order valence-electron chi connectivity index (χ3n) is 3.19. The quantitative estimate of drug-likeness (QED) is 0.884. The molecular weight excluding hydrogens is 264 g/mol. The predicted octanol–water partition coefficient (Wildman–Crippen LogP) is 3.25. The first-order valence-corrected chi connectivity index (χ1v) is 7.06. The zero-order valence-electron chi connectivity index (χ0n) is 12.6. The molecule has 21 heavy (non-hydrogen) atoms. The van der Waals surface area contributed by atoms with Crippen LogP contribution in [0.4, 0.5) is 11.6 Å². The monoisotopic (exact) mass is 284 g/mol. The maximum absolute atomic E-state index is 12.1. The molecular formula is C16H20N4O. The summed E-state index contributed by atoms with van der Waals surface area (Å²) in [7, 11) is 0. The fourth-order valence-electron chi connectivity index (χ4n) is 1.81. The van der Waals surface area contributed by atoms with Crippen LogP contribution >= 0.6 is 0 Å². The van der Waals surface area contributed by atoms with Crippen LogP contribution in [-0.4, -0.2) is 22.1 Å². The number of nitrogens with zero attached hydrogens (tertiary/aromatic N) is 2. The van der Waals surface area contributed by atoms with Gasteiger partial charge in [0.2, 0.25) is 0 Å². The zero-order chi connectivity index (χ0) is 15.2. The van der Waals surface area contributed by atoms with Gasteiger partial charge >= 0.3 is 0 Å². The van der Waals surface area contributed by atoms with Crippen LogP contribution in [0.1, 0.15) is 36.2 Å². The Morgan fingerprint density at radius 3 is 2.52 bits per heavy atom. The minimum atomic E-state index is -0.185. The van der Waals surface area contributed by atoms with Gasteiger partial charge in [-0.15, -0.1) is 10.2 Å². The number of hydrogen-bond donors (Lipinski definition) is 2. The number of aromatic nitrogens is 2. The first-order chi connectivity index (χ1) is 10.1. The third kappa shape index (κ3) is 4.27. The molecule has 0 fully saturated rings. The molecule has 110 valence electrons. The van der Waals surface area contributed by atoms with Gasteiger partial charge in [0.25, 0.3) is 5.91 Å². The Morgan fingerprint density at radius 1 is 1.19 bits per heavy atom. The predicted molar refractivity (Wildman–Crippen MR) is 84.5 cm³/mol. The molecule has 0 saturated heterocycles. The van der Waals surface area contributed by atoms with Crippen molar-refractivity contribution in [3.63, 3.8) is 0 Å². The summed E-state index contributed by atoms with van der Waals surface area (Å²) in [5, 5.41) is 14.0. The topological polar surface area (TPSA) is 66.9 Å². The molecule has 1 aromatic heterocycles. The van der Waals surface area contributed by atoms with Crippen molar-refractivity contribution in [2.24, 2.45) is 0 Å². The van der Waals surface area contributed by atoms with E-state index in [1.807, 2.05) is 31.2 Å². The van der Waals surface area contributed by atoms with Crippen molar-refractivity contribution >= 4 is 17.5 Å². The van der Waals surface area contributed by atoms with Gasteiger partial charge in [-0.3, -0.25) is 4.79 Å². The van der Waals surface area contributed by atoms with E-state index in [2.05, 4.69) is 34.7 Å². The van der Waals surface area contributed by atoms with E-state index in [0.717, 1.165) is 12.0 Å². The molecule has 1 heterocycles. The number of nitrogens with one attached hydrogen (secondary N) is 2. The molecule has 5 heteroatoms. The number of benzene rings is 1. The van der Waals surface area contributed by atoms with E-state index in [4.69, 9.17) is 0 Å². The van der Waals surface area contributed by atoms with Crippen molar-refractivity contribution in [2.45, 2.75) is 33.2 Å². The summed E-state index contributed by atoms with van der Waals surface area (Å²) in [4.78, 5) is 12.1. The molecule has 5 nitrogen and oxygen atoms in total. The molecule has 2 aromatic rings. The maximum Gasteiger partial charge on any atom is 0.256 e. The lowest BCUT2D eigenvalue weighted by atomic mass is 10.1. The van der Waals surface area contributed by atoms with Gasteiger partial charge in [-0.25, -0.2) is 0 Å². The first kappa shape index (κ1) is 15.0. The average molecular weight is 284 g/mol. The number of anilines is 2. The van der Waals surface area contributed by atoms with E-state index in [9.17, 15) is 4.79 Å². The summed E-state index contributed by atoms with van der Waals surface area (Å²) in [5.74, 6) is 0.963. The number of rotatable bonds is 5. The zero-order valence-corrected chi connectivity index (χ0v) is 12.6. The number of hydrogen-bond acceptors (Lipinski definition) is 4. The van der Waals surface area contributed by atoms with Crippen LogP contribution in [-0.2, 0) is 0 Å².